The van der Waals surface area contributed by atoms with Crippen molar-refractivity contribution >= 4 is 0 Å². The van der Waals surface area contributed by atoms with E-state index in [0.717, 1.165) is 19.6 Å². The van der Waals surface area contributed by atoms with E-state index in [9.17, 15) is 0 Å². The van der Waals surface area contributed by atoms with Gasteiger partial charge in [-0.2, -0.15) is 0 Å². The number of hydrogen-bond acceptors (Lipinski definition) is 1. The van der Waals surface area contributed by atoms with Crippen molar-refractivity contribution in [1.29, 1.82) is 0 Å². The van der Waals surface area contributed by atoms with Crippen LogP contribution in [0.25, 0.3) is 0 Å². The third-order valence-electron chi connectivity index (χ3n) is 2.89. The van der Waals surface area contributed by atoms with Crippen LogP contribution in [0.5, 0.6) is 0 Å². The minimum Gasteiger partial charge on any atom is -0.381 e. The zero-order valence-electron chi connectivity index (χ0n) is 10.9. The lowest BCUT2D eigenvalue weighted by atomic mass is 10.1. The molecule has 0 bridgehead atoms. The summed E-state index contributed by atoms with van der Waals surface area (Å²) in [6, 6.07) is 10.7. The van der Waals surface area contributed by atoms with Gasteiger partial charge in [-0.3, -0.25) is 0 Å². The Hall–Kier alpha value is -0.820. The van der Waals surface area contributed by atoms with Gasteiger partial charge in [0, 0.05) is 13.2 Å². The van der Waals surface area contributed by atoms with E-state index in [1.54, 1.807) is 0 Å². The average Bonchev–Trinajstić information content (AvgIpc) is 2.38. The highest BCUT2D eigenvalue weighted by atomic mass is 16.5. The number of aryl methyl sites for hydroxylation is 1. The van der Waals surface area contributed by atoms with Gasteiger partial charge in [-0.15, -0.1) is 0 Å². The molecule has 17 heavy (non-hydrogen) atoms. The zero-order chi connectivity index (χ0) is 12.2. The number of hydrogen-bond donors (Lipinski definition) is 0. The predicted molar refractivity (Wildman–Crippen MR) is 74.0 cm³/mol. The smallest absolute Gasteiger partial charge is 0.0466 e. The van der Waals surface area contributed by atoms with Crippen molar-refractivity contribution in [2.24, 2.45) is 0 Å². The Labute approximate surface area is 106 Å². The Morgan fingerprint density at radius 2 is 1.53 bits per heavy atom. The van der Waals surface area contributed by atoms with Crippen molar-refractivity contribution in [3.05, 3.63) is 42.8 Å². The maximum absolute atomic E-state index is 5.40. The Balaban J connectivity index is 1.85. The molecule has 1 rings (SSSR count). The van der Waals surface area contributed by atoms with Crippen LogP contribution >= 0.6 is 0 Å². The summed E-state index contributed by atoms with van der Waals surface area (Å²) < 4.78 is 5.40. The summed E-state index contributed by atoms with van der Waals surface area (Å²) in [5, 5.41) is 0. The van der Waals surface area contributed by atoms with E-state index in [0.29, 0.717) is 0 Å². The minimum atomic E-state index is 0.813. The van der Waals surface area contributed by atoms with E-state index in [1.807, 2.05) is 0 Å². The lowest BCUT2D eigenvalue weighted by molar-refractivity contribution is 0.134. The molecule has 0 spiro atoms. The SMILES string of the molecule is [CH2]CCOCCCCCCCc1ccccc1. The fourth-order valence-electron chi connectivity index (χ4n) is 1.91. The topological polar surface area (TPSA) is 9.23 Å². The van der Waals surface area contributed by atoms with Gasteiger partial charge in [-0.05, 0) is 31.2 Å². The van der Waals surface area contributed by atoms with Gasteiger partial charge in [0.25, 0.3) is 0 Å². The van der Waals surface area contributed by atoms with Gasteiger partial charge in [0.1, 0.15) is 0 Å². The van der Waals surface area contributed by atoms with Gasteiger partial charge >= 0.3 is 0 Å². The van der Waals surface area contributed by atoms with Crippen molar-refractivity contribution in [2.75, 3.05) is 13.2 Å². The summed E-state index contributed by atoms with van der Waals surface area (Å²) in [5.74, 6) is 0. The van der Waals surface area contributed by atoms with Gasteiger partial charge in [0.05, 0.1) is 0 Å². The second-order valence-electron chi connectivity index (χ2n) is 4.47. The first kappa shape index (κ1) is 14.2. The minimum absolute atomic E-state index is 0.813. The highest BCUT2D eigenvalue weighted by Crippen LogP contribution is 2.08. The maximum Gasteiger partial charge on any atom is 0.0466 e. The van der Waals surface area contributed by atoms with Crippen LogP contribution in [0.3, 0.4) is 0 Å². The van der Waals surface area contributed by atoms with Gasteiger partial charge in [0.15, 0.2) is 0 Å². The molecule has 0 aromatic heterocycles. The molecule has 0 saturated carbocycles. The van der Waals surface area contributed by atoms with Crippen LogP contribution in [-0.2, 0) is 11.2 Å². The van der Waals surface area contributed by atoms with Crippen LogP contribution in [0, 0.1) is 6.92 Å². The number of ether oxygens (including phenoxy) is 1. The molecule has 0 fully saturated rings. The molecule has 0 aliphatic heterocycles. The first-order chi connectivity index (χ1) is 8.43. The average molecular weight is 233 g/mol. The lowest BCUT2D eigenvalue weighted by Gasteiger charge is -2.03. The molecule has 0 saturated heterocycles. The molecule has 0 N–H and O–H groups in total. The standard InChI is InChI=1S/C16H25O/c1-2-14-17-15-10-5-3-4-7-11-16-12-8-6-9-13-16/h6,8-9,12-13H,1-5,7,10-11,14-15H2. The zero-order valence-corrected chi connectivity index (χ0v) is 10.9. The van der Waals surface area contributed by atoms with Crippen LogP contribution < -0.4 is 0 Å². The van der Waals surface area contributed by atoms with E-state index in [2.05, 4.69) is 37.3 Å². The van der Waals surface area contributed by atoms with Crippen molar-refractivity contribution in [3.8, 4) is 0 Å². The van der Waals surface area contributed by atoms with Crippen LogP contribution in [0.1, 0.15) is 44.1 Å². The van der Waals surface area contributed by atoms with Crippen LogP contribution in [-0.4, -0.2) is 13.2 Å². The molecule has 0 aliphatic rings. The Morgan fingerprint density at radius 1 is 0.824 bits per heavy atom. The van der Waals surface area contributed by atoms with E-state index in [-0.39, 0.29) is 0 Å². The van der Waals surface area contributed by atoms with Crippen molar-refractivity contribution in [1.82, 2.24) is 0 Å². The molecular formula is C16H25O. The second-order valence-corrected chi connectivity index (χ2v) is 4.47. The molecule has 0 heterocycles. The van der Waals surface area contributed by atoms with E-state index >= 15 is 0 Å². The summed E-state index contributed by atoms with van der Waals surface area (Å²) in [5.41, 5.74) is 1.46. The second kappa shape index (κ2) is 10.3. The summed E-state index contributed by atoms with van der Waals surface area (Å²) >= 11 is 0. The van der Waals surface area contributed by atoms with Gasteiger partial charge in [-0.1, -0.05) is 56.5 Å². The molecule has 1 nitrogen and oxygen atoms in total. The number of unbranched alkanes of at least 4 members (excludes halogenated alkanes) is 4. The van der Waals surface area contributed by atoms with E-state index < -0.39 is 0 Å². The summed E-state index contributed by atoms with van der Waals surface area (Å²) in [6.45, 7) is 5.47. The number of benzene rings is 1. The molecule has 0 aliphatic carbocycles. The molecule has 0 atom stereocenters. The highest BCUT2D eigenvalue weighted by Gasteiger charge is 1.93. The van der Waals surface area contributed by atoms with E-state index in [4.69, 9.17) is 4.74 Å². The predicted octanol–water partition coefficient (Wildman–Crippen LogP) is 4.42. The molecule has 1 aromatic carbocycles. The summed E-state index contributed by atoms with van der Waals surface area (Å²) in [6.07, 6.45) is 8.59. The molecule has 0 unspecified atom stereocenters. The Kier molecular flexibility index (Phi) is 8.66. The first-order valence-electron chi connectivity index (χ1n) is 6.84. The third kappa shape index (κ3) is 7.98. The first-order valence-corrected chi connectivity index (χ1v) is 6.84. The van der Waals surface area contributed by atoms with Crippen molar-refractivity contribution in [3.63, 3.8) is 0 Å². The Bertz CT molecular complexity index is 255. The molecule has 1 aromatic rings. The highest BCUT2D eigenvalue weighted by molar-refractivity contribution is 5.14. The van der Waals surface area contributed by atoms with Crippen LogP contribution in [0.4, 0.5) is 0 Å². The molecule has 1 heteroatoms. The fraction of sp³-hybridized carbons (Fsp3) is 0.562. The van der Waals surface area contributed by atoms with Crippen LogP contribution in [0.15, 0.2) is 30.3 Å². The quantitative estimate of drug-likeness (QED) is 0.544. The molecular weight excluding hydrogens is 208 g/mol. The van der Waals surface area contributed by atoms with Gasteiger partial charge < -0.3 is 4.74 Å². The molecule has 1 radical (unpaired) electrons. The van der Waals surface area contributed by atoms with E-state index in [1.165, 1.54) is 44.1 Å². The lowest BCUT2D eigenvalue weighted by Crippen LogP contribution is -1.95. The van der Waals surface area contributed by atoms with Crippen LogP contribution in [0.2, 0.25) is 0 Å². The monoisotopic (exact) mass is 233 g/mol. The van der Waals surface area contributed by atoms with Crippen molar-refractivity contribution < 1.29 is 4.74 Å². The molecule has 95 valence electrons. The Morgan fingerprint density at radius 3 is 2.29 bits per heavy atom. The number of rotatable bonds is 10. The van der Waals surface area contributed by atoms with Gasteiger partial charge in [-0.25, -0.2) is 0 Å². The van der Waals surface area contributed by atoms with Gasteiger partial charge in [0.2, 0.25) is 0 Å². The third-order valence-corrected chi connectivity index (χ3v) is 2.89. The summed E-state index contributed by atoms with van der Waals surface area (Å²) in [7, 11) is 0. The fourth-order valence-corrected chi connectivity index (χ4v) is 1.91. The maximum atomic E-state index is 5.40. The summed E-state index contributed by atoms with van der Waals surface area (Å²) in [4.78, 5) is 0. The largest absolute Gasteiger partial charge is 0.381 e. The molecule has 0 amide bonds. The van der Waals surface area contributed by atoms with Crippen molar-refractivity contribution in [2.45, 2.75) is 44.9 Å². The normalized spacial score (nSPS) is 10.6.